The highest BCUT2D eigenvalue weighted by atomic mass is 31.1. The van der Waals surface area contributed by atoms with Crippen molar-refractivity contribution in [3.63, 3.8) is 0 Å². The summed E-state index contributed by atoms with van der Waals surface area (Å²) in [5.74, 6) is 1.00. The summed E-state index contributed by atoms with van der Waals surface area (Å²) in [6.45, 7) is 1.18. The van der Waals surface area contributed by atoms with E-state index in [9.17, 15) is 0 Å². The minimum atomic E-state index is 0.872. The minimum Gasteiger partial charge on any atom is -0.497 e. The Morgan fingerprint density at radius 2 is 1.71 bits per heavy atom. The molecule has 1 unspecified atom stereocenters. The Morgan fingerprint density at radius 1 is 1.00 bits per heavy atom. The molecule has 0 saturated carbocycles. The second kappa shape index (κ2) is 6.47. The van der Waals surface area contributed by atoms with Gasteiger partial charge in [0.1, 0.15) is 5.75 Å². The number of hydrogen-bond acceptors (Lipinski definition) is 1. The van der Waals surface area contributed by atoms with E-state index in [2.05, 4.69) is 42.5 Å². The second-order valence-corrected chi connectivity index (χ2v) is 5.29. The number of para-hydroxylation sites is 1. The van der Waals surface area contributed by atoms with Gasteiger partial charge in [0.05, 0.1) is 7.11 Å². The highest BCUT2D eigenvalue weighted by molar-refractivity contribution is 7.77. The molecular formula is C14H16BOP. The predicted molar refractivity (Wildman–Crippen MR) is 78.2 cm³/mol. The first-order valence-electron chi connectivity index (χ1n) is 5.81. The minimum absolute atomic E-state index is 0.872. The highest BCUT2D eigenvalue weighted by Gasteiger charge is 2.02. The van der Waals surface area contributed by atoms with E-state index in [0.717, 1.165) is 20.5 Å². The number of hydrogen-bond donors (Lipinski definition) is 0. The van der Waals surface area contributed by atoms with Crippen LogP contribution >= 0.6 is 8.46 Å². The molecule has 0 aliphatic rings. The molecule has 0 fully saturated rings. The smallest absolute Gasteiger partial charge is 0.159 e. The molecule has 0 radical (unpaired) electrons. The van der Waals surface area contributed by atoms with Crippen LogP contribution in [-0.2, 0) is 6.32 Å². The van der Waals surface area contributed by atoms with E-state index in [4.69, 9.17) is 4.74 Å². The Hall–Kier alpha value is -1.27. The van der Waals surface area contributed by atoms with Gasteiger partial charge in [-0.1, -0.05) is 48.5 Å². The van der Waals surface area contributed by atoms with E-state index < -0.39 is 0 Å². The SMILES string of the molecule is COc1ccccc1CBPc1ccccc1. The number of ether oxygens (including phenoxy) is 1. The zero-order valence-electron chi connectivity index (χ0n) is 10.0. The van der Waals surface area contributed by atoms with E-state index in [-0.39, 0.29) is 0 Å². The van der Waals surface area contributed by atoms with Gasteiger partial charge in [-0.15, -0.1) is 8.46 Å². The lowest BCUT2D eigenvalue weighted by Gasteiger charge is -2.07. The van der Waals surface area contributed by atoms with Crippen LogP contribution in [0.1, 0.15) is 5.56 Å². The van der Waals surface area contributed by atoms with Crippen LogP contribution in [0, 0.1) is 0 Å². The molecular weight excluding hydrogens is 226 g/mol. The lowest BCUT2D eigenvalue weighted by Crippen LogP contribution is -2.00. The average molecular weight is 242 g/mol. The summed E-state index contributed by atoms with van der Waals surface area (Å²) in [6.07, 6.45) is 1.08. The van der Waals surface area contributed by atoms with E-state index in [1.54, 1.807) is 7.11 Å². The van der Waals surface area contributed by atoms with Gasteiger partial charge < -0.3 is 4.74 Å². The monoisotopic (exact) mass is 242 g/mol. The maximum atomic E-state index is 5.35. The fraction of sp³-hybridized carbons (Fsp3) is 0.143. The van der Waals surface area contributed by atoms with Crippen molar-refractivity contribution in [3.05, 3.63) is 60.2 Å². The van der Waals surface area contributed by atoms with Crippen molar-refractivity contribution in [2.75, 3.05) is 7.11 Å². The van der Waals surface area contributed by atoms with Gasteiger partial charge in [0.15, 0.2) is 7.00 Å². The van der Waals surface area contributed by atoms with Crippen molar-refractivity contribution in [1.29, 1.82) is 0 Å². The van der Waals surface area contributed by atoms with Crippen molar-refractivity contribution in [2.45, 2.75) is 6.32 Å². The molecule has 1 nitrogen and oxygen atoms in total. The van der Waals surface area contributed by atoms with Gasteiger partial charge in [-0.25, -0.2) is 0 Å². The summed E-state index contributed by atoms with van der Waals surface area (Å²) in [5.41, 5.74) is 1.30. The maximum absolute atomic E-state index is 5.35. The van der Waals surface area contributed by atoms with Crippen LogP contribution in [-0.4, -0.2) is 14.1 Å². The van der Waals surface area contributed by atoms with Crippen LogP contribution in [0.15, 0.2) is 54.6 Å². The Balaban J connectivity index is 1.90. The van der Waals surface area contributed by atoms with Crippen molar-refractivity contribution in [1.82, 2.24) is 0 Å². The molecule has 0 aliphatic carbocycles. The zero-order valence-corrected chi connectivity index (χ0v) is 11.0. The average Bonchev–Trinajstić information content (AvgIpc) is 2.40. The summed E-state index contributed by atoms with van der Waals surface area (Å²) < 4.78 is 5.35. The standard InChI is InChI=1S/C14H16BOP/c1-16-14-10-6-5-7-12(14)11-15-17-13-8-3-2-4-9-13/h2-10,15,17H,11H2,1H3. The van der Waals surface area contributed by atoms with Gasteiger partial charge in [0, 0.05) is 0 Å². The van der Waals surface area contributed by atoms with E-state index >= 15 is 0 Å². The van der Waals surface area contributed by atoms with Crippen molar-refractivity contribution in [3.8, 4) is 5.75 Å². The third kappa shape index (κ3) is 3.61. The lowest BCUT2D eigenvalue weighted by atomic mass is 9.94. The molecule has 86 valence electrons. The Morgan fingerprint density at radius 3 is 2.47 bits per heavy atom. The molecule has 0 saturated heterocycles. The van der Waals surface area contributed by atoms with Crippen molar-refractivity contribution in [2.24, 2.45) is 0 Å². The fourth-order valence-electron chi connectivity index (χ4n) is 1.81. The summed E-state index contributed by atoms with van der Waals surface area (Å²) in [4.78, 5) is 0. The Bertz CT molecular complexity index is 459. The highest BCUT2D eigenvalue weighted by Crippen LogP contribution is 2.19. The van der Waals surface area contributed by atoms with E-state index in [1.807, 2.05) is 12.1 Å². The molecule has 0 aliphatic heterocycles. The number of benzene rings is 2. The molecule has 0 amide bonds. The van der Waals surface area contributed by atoms with Gasteiger partial charge in [-0.05, 0) is 23.3 Å². The Labute approximate surface area is 105 Å². The summed E-state index contributed by atoms with van der Waals surface area (Å²) in [6, 6.07) is 18.9. The quantitative estimate of drug-likeness (QED) is 0.578. The van der Waals surface area contributed by atoms with Crippen molar-refractivity contribution >= 4 is 20.8 Å². The number of methoxy groups -OCH3 is 1. The van der Waals surface area contributed by atoms with Gasteiger partial charge in [-0.3, -0.25) is 0 Å². The van der Waals surface area contributed by atoms with Crippen LogP contribution < -0.4 is 10.0 Å². The summed E-state index contributed by atoms with van der Waals surface area (Å²) >= 11 is 0. The molecule has 0 bridgehead atoms. The number of rotatable bonds is 5. The van der Waals surface area contributed by atoms with Gasteiger partial charge in [0.2, 0.25) is 0 Å². The van der Waals surface area contributed by atoms with Crippen LogP contribution in [0.25, 0.3) is 0 Å². The maximum Gasteiger partial charge on any atom is 0.159 e. The summed E-state index contributed by atoms with van der Waals surface area (Å²) in [7, 11) is 2.61. The molecule has 2 aromatic rings. The van der Waals surface area contributed by atoms with Crippen LogP contribution in [0.4, 0.5) is 0 Å². The van der Waals surface area contributed by atoms with Crippen LogP contribution in [0.3, 0.4) is 0 Å². The zero-order chi connectivity index (χ0) is 11.9. The first kappa shape index (κ1) is 12.2. The van der Waals surface area contributed by atoms with Crippen LogP contribution in [0.2, 0.25) is 0 Å². The van der Waals surface area contributed by atoms with Gasteiger partial charge in [-0.2, -0.15) is 0 Å². The normalized spacial score (nSPS) is 10.6. The van der Waals surface area contributed by atoms with Crippen LogP contribution in [0.5, 0.6) is 5.75 Å². The Kier molecular flexibility index (Phi) is 4.64. The molecule has 0 heterocycles. The summed E-state index contributed by atoms with van der Waals surface area (Å²) in [5, 5.41) is 1.43. The second-order valence-electron chi connectivity index (χ2n) is 3.85. The van der Waals surface area contributed by atoms with E-state index in [0.29, 0.717) is 0 Å². The molecule has 1 atom stereocenters. The van der Waals surface area contributed by atoms with Crippen molar-refractivity contribution < 1.29 is 4.74 Å². The van der Waals surface area contributed by atoms with E-state index in [1.165, 1.54) is 17.9 Å². The molecule has 0 N–H and O–H groups in total. The third-order valence-corrected chi connectivity index (χ3v) is 3.93. The first-order valence-corrected chi connectivity index (χ1v) is 7.01. The topological polar surface area (TPSA) is 9.23 Å². The lowest BCUT2D eigenvalue weighted by molar-refractivity contribution is 0.411. The molecule has 2 rings (SSSR count). The molecule has 0 aromatic heterocycles. The molecule has 17 heavy (non-hydrogen) atoms. The molecule has 3 heteroatoms. The third-order valence-electron chi connectivity index (χ3n) is 2.69. The fourth-order valence-corrected chi connectivity index (χ4v) is 2.92. The van der Waals surface area contributed by atoms with Gasteiger partial charge >= 0.3 is 0 Å². The first-order chi connectivity index (χ1) is 8.40. The largest absolute Gasteiger partial charge is 0.497 e. The molecule has 2 aromatic carbocycles. The predicted octanol–water partition coefficient (Wildman–Crippen LogP) is 2.55. The molecule has 0 spiro atoms. The van der Waals surface area contributed by atoms with Gasteiger partial charge in [0.25, 0.3) is 0 Å².